The lowest BCUT2D eigenvalue weighted by Gasteiger charge is -2.40. The number of halogens is 1. The van der Waals surface area contributed by atoms with Crippen LogP contribution in [0.1, 0.15) is 54.3 Å². The van der Waals surface area contributed by atoms with Crippen LogP contribution in [0.5, 0.6) is 0 Å². The van der Waals surface area contributed by atoms with Gasteiger partial charge in [-0.1, -0.05) is 36.7 Å². The molecule has 1 fully saturated rings. The van der Waals surface area contributed by atoms with Crippen molar-refractivity contribution in [1.29, 1.82) is 0 Å². The summed E-state index contributed by atoms with van der Waals surface area (Å²) in [5, 5.41) is 4.98. The second kappa shape index (κ2) is 9.17. The average Bonchev–Trinajstić information content (AvgIpc) is 3.07. The molecule has 0 radical (unpaired) electrons. The number of thiophene rings is 1. The molecule has 29 heavy (non-hydrogen) atoms. The summed E-state index contributed by atoms with van der Waals surface area (Å²) < 4.78 is 0. The largest absolute Gasteiger partial charge is 0.318 e. The Morgan fingerprint density at radius 1 is 1.17 bits per heavy atom. The molecule has 1 saturated heterocycles. The van der Waals surface area contributed by atoms with Gasteiger partial charge in [0, 0.05) is 48.6 Å². The van der Waals surface area contributed by atoms with Crippen molar-refractivity contribution < 1.29 is 4.79 Å². The molecule has 6 heteroatoms. The number of likely N-dealkylation sites (N-methyl/N-ethyl adjacent to an activating group) is 1. The number of carbonyl (C=O) groups is 1. The van der Waals surface area contributed by atoms with E-state index in [2.05, 4.69) is 34.2 Å². The molecule has 1 unspecified atom stereocenters. The maximum atomic E-state index is 12.0. The van der Waals surface area contributed by atoms with E-state index in [9.17, 15) is 4.79 Å². The molecule has 1 aromatic heterocycles. The highest BCUT2D eigenvalue weighted by Crippen LogP contribution is 2.46. The fraction of sp³-hybridized carbons (Fsp3) is 0.522. The normalized spacial score (nSPS) is 19.0. The molecule has 1 amide bonds. The van der Waals surface area contributed by atoms with Crippen molar-refractivity contribution in [2.24, 2.45) is 0 Å². The molecule has 156 valence electrons. The molecule has 1 aliphatic carbocycles. The Hall–Kier alpha value is -1.40. The maximum Gasteiger partial charge on any atom is 0.221 e. The summed E-state index contributed by atoms with van der Waals surface area (Å²) in [5.74, 6) is -0.00134. The SMILES string of the molecule is CCN1CCN(C(c2ccccc2Cl)c2c(NC(C)=O)sc3c2CCCC3)CC1. The van der Waals surface area contributed by atoms with Crippen LogP contribution >= 0.6 is 22.9 Å². The van der Waals surface area contributed by atoms with Crippen LogP contribution in [0.4, 0.5) is 5.00 Å². The fourth-order valence-corrected chi connectivity index (χ4v) is 6.31. The first kappa shape index (κ1) is 20.9. The minimum atomic E-state index is -0.00134. The number of piperazine rings is 1. The third-order valence-corrected chi connectivity index (χ3v) is 7.76. The second-order valence-electron chi connectivity index (χ2n) is 8.03. The molecule has 1 N–H and O–H groups in total. The third kappa shape index (κ3) is 4.38. The maximum absolute atomic E-state index is 12.0. The molecular weight excluding hydrogens is 402 g/mol. The van der Waals surface area contributed by atoms with Crippen LogP contribution < -0.4 is 5.32 Å². The Morgan fingerprint density at radius 2 is 1.90 bits per heavy atom. The number of rotatable bonds is 5. The van der Waals surface area contributed by atoms with Crippen molar-refractivity contribution in [2.75, 3.05) is 38.0 Å². The Labute approximate surface area is 182 Å². The number of aryl methyl sites for hydroxylation is 1. The zero-order chi connectivity index (χ0) is 20.4. The van der Waals surface area contributed by atoms with Crippen molar-refractivity contribution >= 4 is 33.8 Å². The summed E-state index contributed by atoms with van der Waals surface area (Å²) in [6.07, 6.45) is 4.66. The van der Waals surface area contributed by atoms with E-state index in [1.807, 2.05) is 12.1 Å². The summed E-state index contributed by atoms with van der Waals surface area (Å²) in [6.45, 7) is 9.08. The van der Waals surface area contributed by atoms with Gasteiger partial charge in [0.05, 0.1) is 6.04 Å². The van der Waals surface area contributed by atoms with E-state index >= 15 is 0 Å². The van der Waals surface area contributed by atoms with Gasteiger partial charge in [-0.15, -0.1) is 11.3 Å². The summed E-state index contributed by atoms with van der Waals surface area (Å²) in [7, 11) is 0. The Morgan fingerprint density at radius 3 is 2.59 bits per heavy atom. The van der Waals surface area contributed by atoms with Crippen molar-refractivity contribution in [3.8, 4) is 0 Å². The van der Waals surface area contributed by atoms with Crippen molar-refractivity contribution in [1.82, 2.24) is 9.80 Å². The number of carbonyl (C=O) groups excluding carboxylic acids is 1. The van der Waals surface area contributed by atoms with Gasteiger partial charge in [-0.25, -0.2) is 0 Å². The van der Waals surface area contributed by atoms with Crippen LogP contribution in [0.3, 0.4) is 0 Å². The van der Waals surface area contributed by atoms with Gasteiger partial charge in [0.2, 0.25) is 5.91 Å². The van der Waals surface area contributed by atoms with Gasteiger partial charge in [-0.2, -0.15) is 0 Å². The number of hydrogen-bond donors (Lipinski definition) is 1. The van der Waals surface area contributed by atoms with Crippen LogP contribution in [0, 0.1) is 0 Å². The average molecular weight is 432 g/mol. The van der Waals surface area contributed by atoms with Gasteiger partial charge in [-0.3, -0.25) is 9.69 Å². The first-order valence-electron chi connectivity index (χ1n) is 10.7. The first-order valence-corrected chi connectivity index (χ1v) is 11.9. The second-order valence-corrected chi connectivity index (χ2v) is 9.54. The smallest absolute Gasteiger partial charge is 0.221 e. The van der Waals surface area contributed by atoms with E-state index in [4.69, 9.17) is 11.6 Å². The lowest BCUT2D eigenvalue weighted by atomic mass is 9.88. The van der Waals surface area contributed by atoms with Crippen LogP contribution in [-0.2, 0) is 17.6 Å². The van der Waals surface area contributed by atoms with Gasteiger partial charge >= 0.3 is 0 Å². The van der Waals surface area contributed by atoms with Crippen LogP contribution in [0.15, 0.2) is 24.3 Å². The summed E-state index contributed by atoms with van der Waals surface area (Å²) >= 11 is 8.51. The summed E-state index contributed by atoms with van der Waals surface area (Å²) in [6, 6.07) is 8.30. The number of anilines is 1. The zero-order valence-corrected chi connectivity index (χ0v) is 18.9. The van der Waals surface area contributed by atoms with Crippen molar-refractivity contribution in [2.45, 2.75) is 45.6 Å². The Bertz CT molecular complexity index is 873. The third-order valence-electron chi connectivity index (χ3n) is 6.19. The predicted octanol–water partition coefficient (Wildman–Crippen LogP) is 4.97. The minimum Gasteiger partial charge on any atom is -0.318 e. The highest BCUT2D eigenvalue weighted by Gasteiger charge is 2.34. The fourth-order valence-electron chi connectivity index (χ4n) is 4.70. The van der Waals surface area contributed by atoms with E-state index in [1.54, 1.807) is 18.3 Å². The molecule has 0 saturated carbocycles. The molecule has 1 aromatic carbocycles. The molecule has 2 aliphatic rings. The van der Waals surface area contributed by atoms with Crippen molar-refractivity contribution in [3.05, 3.63) is 50.9 Å². The number of nitrogens with one attached hydrogen (secondary N) is 1. The molecule has 0 bridgehead atoms. The van der Waals surface area contributed by atoms with Gasteiger partial charge in [0.1, 0.15) is 5.00 Å². The van der Waals surface area contributed by atoms with Crippen LogP contribution in [-0.4, -0.2) is 48.4 Å². The number of nitrogens with zero attached hydrogens (tertiary/aromatic N) is 2. The highest BCUT2D eigenvalue weighted by atomic mass is 35.5. The van der Waals surface area contributed by atoms with E-state index in [1.165, 1.54) is 28.8 Å². The quantitative estimate of drug-likeness (QED) is 0.726. The summed E-state index contributed by atoms with van der Waals surface area (Å²) in [5.41, 5.74) is 3.89. The summed E-state index contributed by atoms with van der Waals surface area (Å²) in [4.78, 5) is 18.5. The first-order chi connectivity index (χ1) is 14.1. The molecule has 0 spiro atoms. The van der Waals surface area contributed by atoms with E-state index in [0.29, 0.717) is 0 Å². The van der Waals surface area contributed by atoms with Crippen LogP contribution in [0.25, 0.3) is 0 Å². The van der Waals surface area contributed by atoms with E-state index < -0.39 is 0 Å². The molecule has 4 rings (SSSR count). The Balaban J connectivity index is 1.82. The molecule has 1 atom stereocenters. The molecule has 1 aliphatic heterocycles. The monoisotopic (exact) mass is 431 g/mol. The van der Waals surface area contributed by atoms with Gasteiger partial charge in [0.15, 0.2) is 0 Å². The highest BCUT2D eigenvalue weighted by molar-refractivity contribution is 7.16. The van der Waals surface area contributed by atoms with Crippen molar-refractivity contribution in [3.63, 3.8) is 0 Å². The topological polar surface area (TPSA) is 35.6 Å². The van der Waals surface area contributed by atoms with Crippen LogP contribution in [0.2, 0.25) is 5.02 Å². The standard InChI is InChI=1S/C23H30ClN3OS/c1-3-26-12-14-27(15-13-26)22(17-8-4-6-10-19(17)24)21-18-9-5-7-11-20(18)29-23(21)25-16(2)28/h4,6,8,10,22H,3,5,7,9,11-15H2,1-2H3,(H,25,28). The predicted molar refractivity (Wildman–Crippen MR) is 122 cm³/mol. The molecule has 2 aromatic rings. The lowest BCUT2D eigenvalue weighted by Crippen LogP contribution is -2.47. The van der Waals surface area contributed by atoms with E-state index in [-0.39, 0.29) is 11.9 Å². The molecular formula is C23H30ClN3OS. The van der Waals surface area contributed by atoms with Gasteiger partial charge < -0.3 is 10.2 Å². The Kier molecular flexibility index (Phi) is 6.60. The minimum absolute atomic E-state index is 0.00134. The number of benzene rings is 1. The zero-order valence-electron chi connectivity index (χ0n) is 17.3. The van der Waals surface area contributed by atoms with E-state index in [0.717, 1.165) is 61.2 Å². The van der Waals surface area contributed by atoms with Gasteiger partial charge in [-0.05, 0) is 49.4 Å². The number of hydrogen-bond acceptors (Lipinski definition) is 4. The molecule has 2 heterocycles. The number of fused-ring (bicyclic) bond motifs is 1. The molecule has 4 nitrogen and oxygen atoms in total. The lowest BCUT2D eigenvalue weighted by molar-refractivity contribution is -0.114. The van der Waals surface area contributed by atoms with Gasteiger partial charge in [0.25, 0.3) is 0 Å². The number of amides is 1.